The number of Topliss-reactive ketones (excluding diaryl/α,β-unsaturated/α-hetero) is 1. The number of phenolic OH excluding ortho intramolecular Hbond substituents is 1. The van der Waals surface area contributed by atoms with Gasteiger partial charge in [0.25, 0.3) is 0 Å². The van der Waals surface area contributed by atoms with Gasteiger partial charge >= 0.3 is 11.9 Å². The number of carbonyl (C=O) groups excluding carboxylic acids is 3. The predicted octanol–water partition coefficient (Wildman–Crippen LogP) is 4.19. The fourth-order valence-corrected chi connectivity index (χ4v) is 7.42. The molecule has 0 amide bonds. The van der Waals surface area contributed by atoms with Crippen molar-refractivity contribution in [2.24, 2.45) is 23.2 Å². The number of aromatic hydroxyl groups is 1. The van der Waals surface area contributed by atoms with Gasteiger partial charge in [-0.3, -0.25) is 9.59 Å². The van der Waals surface area contributed by atoms with Gasteiger partial charge in [-0.1, -0.05) is 13.8 Å². The van der Waals surface area contributed by atoms with Crippen molar-refractivity contribution in [1.82, 2.24) is 0 Å². The lowest BCUT2D eigenvalue weighted by molar-refractivity contribution is -0.150. The number of ether oxygens (including phenoxy) is 3. The predicted molar refractivity (Wildman–Crippen MR) is 130 cm³/mol. The monoisotopic (exact) mass is 506 g/mol. The molecule has 2 bridgehead atoms. The van der Waals surface area contributed by atoms with Crippen LogP contribution in [0, 0.1) is 23.2 Å². The van der Waals surface area contributed by atoms with Crippen LogP contribution in [0.3, 0.4) is 0 Å². The Morgan fingerprint density at radius 2 is 1.92 bits per heavy atom. The van der Waals surface area contributed by atoms with Crippen molar-refractivity contribution in [3.63, 3.8) is 0 Å². The summed E-state index contributed by atoms with van der Waals surface area (Å²) in [6.45, 7) is 6.15. The van der Waals surface area contributed by atoms with E-state index in [-0.39, 0.29) is 41.2 Å². The lowest BCUT2D eigenvalue weighted by Gasteiger charge is -2.49. The number of carbonyl (C=O) groups is 3. The molecule has 1 N–H and O–H groups in total. The van der Waals surface area contributed by atoms with Gasteiger partial charge in [-0.15, -0.1) is 0 Å². The maximum atomic E-state index is 13.9. The Bertz CT molecular complexity index is 1280. The molecule has 1 aromatic carbocycles. The van der Waals surface area contributed by atoms with Crippen LogP contribution in [0.25, 0.3) is 0 Å². The van der Waals surface area contributed by atoms with Crippen molar-refractivity contribution in [2.45, 2.75) is 57.8 Å². The quantitative estimate of drug-likeness (QED) is 0.601. The molecule has 8 atom stereocenters. The molecule has 1 saturated heterocycles. The van der Waals surface area contributed by atoms with Crippen LogP contribution in [0.4, 0.5) is 0 Å². The zero-order valence-electron chi connectivity index (χ0n) is 21.0. The van der Waals surface area contributed by atoms with E-state index in [0.717, 1.165) is 11.1 Å². The molecule has 8 nitrogen and oxygen atoms in total. The van der Waals surface area contributed by atoms with Crippen LogP contribution in [0.1, 0.15) is 55.5 Å². The molecule has 37 heavy (non-hydrogen) atoms. The molecule has 8 heteroatoms. The number of rotatable bonds is 5. The Labute approximate surface area is 214 Å². The summed E-state index contributed by atoms with van der Waals surface area (Å²) in [6, 6.07) is 7.77. The molecule has 4 aliphatic rings. The Balaban J connectivity index is 1.40. The lowest BCUT2D eigenvalue weighted by Crippen LogP contribution is -2.55. The van der Waals surface area contributed by atoms with Crippen LogP contribution in [0.5, 0.6) is 5.75 Å². The summed E-state index contributed by atoms with van der Waals surface area (Å²) in [6.07, 6.45) is 2.44. The van der Waals surface area contributed by atoms with Crippen molar-refractivity contribution in [2.75, 3.05) is 6.61 Å². The standard InChI is InChI=1S/C29H30O8/c1-4-35-25-21-20(17-10-12-34-13-17)15(3)24(31)23(21)29-11-9-19(14(2)22(29)26(25)37-28(29)33)36-27(32)16-5-7-18(30)8-6-16/h5-8,10,12-15,19-20,22,25-26,30H,4,9,11H2,1-3H3. The van der Waals surface area contributed by atoms with Crippen molar-refractivity contribution >= 4 is 17.7 Å². The number of phenols is 1. The first kappa shape index (κ1) is 24.0. The smallest absolute Gasteiger partial charge is 0.338 e. The second-order valence-corrected chi connectivity index (χ2v) is 10.6. The number of ketones is 1. The maximum Gasteiger partial charge on any atom is 0.338 e. The second kappa shape index (κ2) is 8.58. The van der Waals surface area contributed by atoms with Crippen LogP contribution in [-0.4, -0.2) is 47.7 Å². The zero-order valence-corrected chi connectivity index (χ0v) is 21.0. The minimum atomic E-state index is -1.07. The third kappa shape index (κ3) is 3.27. The summed E-state index contributed by atoms with van der Waals surface area (Å²) < 4.78 is 23.6. The van der Waals surface area contributed by atoms with Crippen molar-refractivity contribution in [3.8, 4) is 5.75 Å². The molecule has 2 aromatic rings. The van der Waals surface area contributed by atoms with E-state index in [1.54, 1.807) is 12.5 Å². The minimum Gasteiger partial charge on any atom is -0.508 e. The summed E-state index contributed by atoms with van der Waals surface area (Å²) >= 11 is 0. The van der Waals surface area contributed by atoms with E-state index in [1.807, 2.05) is 26.8 Å². The van der Waals surface area contributed by atoms with E-state index in [1.165, 1.54) is 24.3 Å². The highest BCUT2D eigenvalue weighted by atomic mass is 16.6. The molecule has 1 aromatic heterocycles. The number of benzene rings is 1. The average Bonchev–Trinajstić information content (AvgIpc) is 3.55. The van der Waals surface area contributed by atoms with Crippen LogP contribution in [-0.2, 0) is 23.8 Å². The largest absolute Gasteiger partial charge is 0.508 e. The fourth-order valence-electron chi connectivity index (χ4n) is 7.42. The topological polar surface area (TPSA) is 112 Å². The first-order valence-electron chi connectivity index (χ1n) is 12.9. The van der Waals surface area contributed by atoms with Crippen molar-refractivity contribution in [1.29, 1.82) is 0 Å². The van der Waals surface area contributed by atoms with E-state index in [0.29, 0.717) is 30.6 Å². The molecule has 1 aliphatic heterocycles. The lowest BCUT2D eigenvalue weighted by atomic mass is 9.53. The van der Waals surface area contributed by atoms with Gasteiger partial charge in [-0.05, 0) is 61.2 Å². The Hall–Kier alpha value is -3.39. The van der Waals surface area contributed by atoms with Gasteiger partial charge in [0.05, 0.1) is 18.1 Å². The highest BCUT2D eigenvalue weighted by Gasteiger charge is 2.72. The molecule has 8 unspecified atom stereocenters. The van der Waals surface area contributed by atoms with Crippen LogP contribution in [0.2, 0.25) is 0 Å². The van der Waals surface area contributed by atoms with E-state index >= 15 is 0 Å². The molecule has 6 rings (SSSR count). The van der Waals surface area contributed by atoms with Crippen LogP contribution >= 0.6 is 0 Å². The Morgan fingerprint density at radius 1 is 1.16 bits per heavy atom. The summed E-state index contributed by atoms with van der Waals surface area (Å²) in [5.41, 5.74) is 1.55. The highest BCUT2D eigenvalue weighted by molar-refractivity contribution is 6.09. The maximum absolute atomic E-state index is 13.9. The zero-order chi connectivity index (χ0) is 26.1. The van der Waals surface area contributed by atoms with Gasteiger partial charge in [0.2, 0.25) is 0 Å². The Morgan fingerprint density at radius 3 is 2.59 bits per heavy atom. The number of esters is 2. The Kier molecular flexibility index (Phi) is 5.56. The summed E-state index contributed by atoms with van der Waals surface area (Å²) in [4.78, 5) is 40.5. The molecule has 2 heterocycles. The molecule has 1 saturated carbocycles. The summed E-state index contributed by atoms with van der Waals surface area (Å²) in [5.74, 6) is -2.05. The number of furan rings is 1. The van der Waals surface area contributed by atoms with E-state index < -0.39 is 29.7 Å². The highest BCUT2D eigenvalue weighted by Crippen LogP contribution is 2.66. The van der Waals surface area contributed by atoms with E-state index in [4.69, 9.17) is 18.6 Å². The van der Waals surface area contributed by atoms with Gasteiger partial charge in [-0.2, -0.15) is 0 Å². The minimum absolute atomic E-state index is 0.0417. The molecule has 0 spiro atoms. The first-order valence-corrected chi connectivity index (χ1v) is 12.9. The van der Waals surface area contributed by atoms with Crippen molar-refractivity contribution in [3.05, 3.63) is 65.1 Å². The van der Waals surface area contributed by atoms with Crippen molar-refractivity contribution < 1.29 is 38.1 Å². The third-order valence-electron chi connectivity index (χ3n) is 8.95. The van der Waals surface area contributed by atoms with Crippen LogP contribution in [0.15, 0.2) is 58.4 Å². The van der Waals surface area contributed by atoms with E-state index in [2.05, 4.69) is 0 Å². The second-order valence-electron chi connectivity index (χ2n) is 10.6. The average molecular weight is 507 g/mol. The fraction of sp³-hybridized carbons (Fsp3) is 0.483. The van der Waals surface area contributed by atoms with Gasteiger partial charge < -0.3 is 23.7 Å². The molecule has 194 valence electrons. The van der Waals surface area contributed by atoms with Gasteiger partial charge in [0.15, 0.2) is 5.78 Å². The molecule has 2 fully saturated rings. The SMILES string of the molecule is CCOC1C2=C(C(=O)C(C)C2c2ccoc2)C23CCC(OC(=O)c4ccc(O)cc4)C(C)C2C1OC3=O. The molecule has 0 radical (unpaired) electrons. The number of hydrogen-bond acceptors (Lipinski definition) is 8. The van der Waals surface area contributed by atoms with Gasteiger partial charge in [-0.25, -0.2) is 4.79 Å². The molecular formula is C29H30O8. The van der Waals surface area contributed by atoms with Gasteiger partial charge in [0, 0.05) is 35.9 Å². The third-order valence-corrected chi connectivity index (χ3v) is 8.95. The summed E-state index contributed by atoms with van der Waals surface area (Å²) in [7, 11) is 0. The van der Waals surface area contributed by atoms with Crippen LogP contribution < -0.4 is 0 Å². The van der Waals surface area contributed by atoms with E-state index in [9.17, 15) is 19.5 Å². The number of hydrogen-bond donors (Lipinski definition) is 1. The molecular weight excluding hydrogens is 476 g/mol. The normalized spacial score (nSPS) is 36.2. The van der Waals surface area contributed by atoms with Gasteiger partial charge in [0.1, 0.15) is 29.5 Å². The molecule has 3 aliphatic carbocycles. The first-order chi connectivity index (χ1) is 17.8. The summed E-state index contributed by atoms with van der Waals surface area (Å²) in [5, 5.41) is 9.54.